The average molecular weight is 421 g/mol. The van der Waals surface area contributed by atoms with Gasteiger partial charge in [-0.15, -0.1) is 0 Å². The summed E-state index contributed by atoms with van der Waals surface area (Å²) >= 11 is 0. The topological polar surface area (TPSA) is 73.0 Å². The number of aromatic nitrogens is 1. The van der Waals surface area contributed by atoms with Crippen LogP contribution in [0, 0.1) is 5.92 Å². The average Bonchev–Trinajstić information content (AvgIpc) is 2.80. The number of pyridine rings is 1. The van der Waals surface area contributed by atoms with Crippen LogP contribution in [0.15, 0.2) is 52.3 Å². The van der Waals surface area contributed by atoms with E-state index in [1.54, 1.807) is 37.6 Å². The van der Waals surface area contributed by atoms with Crippen LogP contribution in [0.2, 0.25) is 0 Å². The summed E-state index contributed by atoms with van der Waals surface area (Å²) in [5, 5.41) is 12.4. The molecule has 2 aromatic carbocycles. The Morgan fingerprint density at radius 3 is 2.45 bits per heavy atom. The second kappa shape index (κ2) is 8.84. The second-order valence-corrected chi connectivity index (χ2v) is 8.07. The molecule has 1 aromatic heterocycles. The minimum atomic E-state index is -0.302. The Labute approximate surface area is 181 Å². The largest absolute Gasteiger partial charge is 0.494 e. The molecule has 1 aliphatic carbocycles. The van der Waals surface area contributed by atoms with Crippen molar-refractivity contribution in [2.75, 3.05) is 14.2 Å². The Morgan fingerprint density at radius 1 is 1.03 bits per heavy atom. The van der Waals surface area contributed by atoms with Gasteiger partial charge in [-0.05, 0) is 37.0 Å². The minimum absolute atomic E-state index is 0.136. The van der Waals surface area contributed by atoms with E-state index in [9.17, 15) is 9.90 Å². The highest BCUT2D eigenvalue weighted by molar-refractivity contribution is 6.01. The van der Waals surface area contributed by atoms with Crippen LogP contribution in [-0.4, -0.2) is 36.1 Å². The number of nitrogens with zero attached hydrogens (tertiary/aromatic N) is 2. The van der Waals surface area contributed by atoms with Gasteiger partial charge in [0.15, 0.2) is 11.5 Å². The number of hydrogen-bond donors (Lipinski definition) is 1. The fourth-order valence-electron chi connectivity index (χ4n) is 4.38. The summed E-state index contributed by atoms with van der Waals surface area (Å²) in [6.45, 7) is 2.23. The van der Waals surface area contributed by atoms with E-state index in [0.29, 0.717) is 39.4 Å². The summed E-state index contributed by atoms with van der Waals surface area (Å²) in [5.74, 6) is 1.40. The first-order valence-corrected chi connectivity index (χ1v) is 10.7. The van der Waals surface area contributed by atoms with Crippen LogP contribution >= 0.6 is 0 Å². The highest BCUT2D eigenvalue weighted by Crippen LogP contribution is 2.32. The molecule has 0 unspecified atom stereocenters. The number of aliphatic imine (C=N–C) groups is 1. The third-order valence-corrected chi connectivity index (χ3v) is 6.19. The molecule has 1 heterocycles. The monoisotopic (exact) mass is 420 g/mol. The van der Waals surface area contributed by atoms with Gasteiger partial charge in [0.2, 0.25) is 5.88 Å². The zero-order chi connectivity index (χ0) is 22.0. The molecule has 0 saturated heterocycles. The van der Waals surface area contributed by atoms with E-state index in [-0.39, 0.29) is 17.5 Å². The fourth-order valence-corrected chi connectivity index (χ4v) is 4.38. The third kappa shape index (κ3) is 3.90. The number of fused-ring (bicyclic) bond motifs is 1. The van der Waals surface area contributed by atoms with E-state index in [4.69, 9.17) is 14.5 Å². The minimum Gasteiger partial charge on any atom is -0.494 e. The molecule has 162 valence electrons. The lowest BCUT2D eigenvalue weighted by atomic mass is 9.86. The number of methoxy groups -OCH3 is 2. The van der Waals surface area contributed by atoms with Crippen molar-refractivity contribution in [3.05, 3.63) is 58.4 Å². The van der Waals surface area contributed by atoms with Gasteiger partial charge in [-0.2, -0.15) is 0 Å². The molecule has 6 heteroatoms. The standard InChI is InChI=1S/C25H28N2O4/c1-16-8-4-7-11-21(16)26-15-20-18-9-5-6-10-19(18)24(28)27(25(20)29)17-12-13-22(30-2)23(14-17)31-3/h5-6,9-10,12-16,21,29H,4,7-8,11H2,1-3H3/t16-,21-/m0/s1. The zero-order valence-electron chi connectivity index (χ0n) is 18.2. The number of ether oxygens (including phenoxy) is 2. The smallest absolute Gasteiger partial charge is 0.265 e. The van der Waals surface area contributed by atoms with Crippen LogP contribution in [0.4, 0.5) is 0 Å². The maximum absolute atomic E-state index is 13.3. The predicted octanol–water partition coefficient (Wildman–Crippen LogP) is 4.71. The lowest BCUT2D eigenvalue weighted by molar-refractivity contribution is 0.333. The summed E-state index contributed by atoms with van der Waals surface area (Å²) in [5.41, 5.74) is 0.734. The molecule has 1 N–H and O–H groups in total. The van der Waals surface area contributed by atoms with E-state index in [1.165, 1.54) is 30.9 Å². The molecular weight excluding hydrogens is 392 g/mol. The first-order valence-electron chi connectivity index (χ1n) is 10.7. The van der Waals surface area contributed by atoms with E-state index in [0.717, 1.165) is 6.42 Å². The number of aromatic hydroxyl groups is 1. The molecule has 1 aliphatic rings. The Hall–Kier alpha value is -3.28. The fraction of sp³-hybridized carbons (Fsp3) is 0.360. The van der Waals surface area contributed by atoms with Crippen LogP contribution in [0.1, 0.15) is 38.2 Å². The van der Waals surface area contributed by atoms with Gasteiger partial charge in [0, 0.05) is 23.1 Å². The molecule has 4 rings (SSSR count). The summed E-state index contributed by atoms with van der Waals surface area (Å²) in [6.07, 6.45) is 6.36. The maximum atomic E-state index is 13.3. The molecule has 2 atom stereocenters. The Morgan fingerprint density at radius 2 is 1.74 bits per heavy atom. The SMILES string of the molecule is COc1ccc(-n2c(O)c(C=N[C@H]3CCCC[C@@H]3C)c3ccccc3c2=O)cc1OC. The Kier molecular flexibility index (Phi) is 5.98. The summed E-state index contributed by atoms with van der Waals surface area (Å²) < 4.78 is 12.0. The Balaban J connectivity index is 1.90. The number of rotatable bonds is 5. The second-order valence-electron chi connectivity index (χ2n) is 8.07. The molecule has 0 bridgehead atoms. The molecule has 31 heavy (non-hydrogen) atoms. The molecule has 6 nitrogen and oxygen atoms in total. The first kappa shape index (κ1) is 21.0. The summed E-state index contributed by atoms with van der Waals surface area (Å²) in [4.78, 5) is 18.1. The van der Waals surface area contributed by atoms with Crippen molar-refractivity contribution < 1.29 is 14.6 Å². The van der Waals surface area contributed by atoms with Gasteiger partial charge in [-0.25, -0.2) is 4.57 Å². The summed E-state index contributed by atoms with van der Waals surface area (Å²) in [6, 6.07) is 12.7. The highest BCUT2D eigenvalue weighted by atomic mass is 16.5. The number of benzene rings is 2. The van der Waals surface area contributed by atoms with Crippen molar-refractivity contribution in [1.82, 2.24) is 4.57 Å². The van der Waals surface area contributed by atoms with Crippen LogP contribution in [-0.2, 0) is 0 Å². The van der Waals surface area contributed by atoms with Gasteiger partial charge >= 0.3 is 0 Å². The van der Waals surface area contributed by atoms with Crippen molar-refractivity contribution in [3.63, 3.8) is 0 Å². The van der Waals surface area contributed by atoms with Gasteiger partial charge in [-0.1, -0.05) is 38.0 Å². The Bertz CT molecular complexity index is 1180. The third-order valence-electron chi connectivity index (χ3n) is 6.19. The van der Waals surface area contributed by atoms with Crippen molar-refractivity contribution >= 4 is 17.0 Å². The molecule has 0 amide bonds. The van der Waals surface area contributed by atoms with Crippen molar-refractivity contribution in [3.8, 4) is 23.1 Å². The lowest BCUT2D eigenvalue weighted by Crippen LogP contribution is -2.22. The van der Waals surface area contributed by atoms with E-state index in [1.807, 2.05) is 18.2 Å². The van der Waals surface area contributed by atoms with Gasteiger partial charge < -0.3 is 14.6 Å². The zero-order valence-corrected chi connectivity index (χ0v) is 18.2. The van der Waals surface area contributed by atoms with E-state index < -0.39 is 0 Å². The molecule has 3 aromatic rings. The van der Waals surface area contributed by atoms with Gasteiger partial charge in [0.05, 0.1) is 31.5 Å². The van der Waals surface area contributed by atoms with Crippen molar-refractivity contribution in [2.24, 2.45) is 10.9 Å². The maximum Gasteiger partial charge on any atom is 0.265 e. The first-order chi connectivity index (χ1) is 15.0. The normalized spacial score (nSPS) is 19.1. The van der Waals surface area contributed by atoms with Crippen LogP contribution < -0.4 is 15.0 Å². The number of hydrogen-bond acceptors (Lipinski definition) is 5. The van der Waals surface area contributed by atoms with Crippen LogP contribution in [0.3, 0.4) is 0 Å². The summed E-state index contributed by atoms with van der Waals surface area (Å²) in [7, 11) is 3.09. The molecule has 0 aliphatic heterocycles. The highest BCUT2D eigenvalue weighted by Gasteiger charge is 2.21. The quantitative estimate of drug-likeness (QED) is 0.607. The van der Waals surface area contributed by atoms with E-state index in [2.05, 4.69) is 6.92 Å². The molecular formula is C25H28N2O4. The van der Waals surface area contributed by atoms with E-state index >= 15 is 0 Å². The van der Waals surface area contributed by atoms with Crippen LogP contribution in [0.25, 0.3) is 16.5 Å². The lowest BCUT2D eigenvalue weighted by Gasteiger charge is -2.25. The molecule has 1 fully saturated rings. The predicted molar refractivity (Wildman–Crippen MR) is 123 cm³/mol. The molecule has 1 saturated carbocycles. The van der Waals surface area contributed by atoms with Crippen molar-refractivity contribution in [2.45, 2.75) is 38.6 Å². The van der Waals surface area contributed by atoms with Gasteiger partial charge in [0.25, 0.3) is 5.56 Å². The van der Waals surface area contributed by atoms with Crippen molar-refractivity contribution in [1.29, 1.82) is 0 Å². The van der Waals surface area contributed by atoms with Crippen LogP contribution in [0.5, 0.6) is 17.4 Å². The van der Waals surface area contributed by atoms with Gasteiger partial charge in [0.1, 0.15) is 0 Å². The van der Waals surface area contributed by atoms with Gasteiger partial charge in [-0.3, -0.25) is 9.79 Å². The molecule has 0 spiro atoms. The molecule has 0 radical (unpaired) electrons.